The van der Waals surface area contributed by atoms with Gasteiger partial charge in [0.2, 0.25) is 0 Å². The van der Waals surface area contributed by atoms with Gasteiger partial charge in [0.25, 0.3) is 0 Å². The molecule has 0 amide bonds. The highest BCUT2D eigenvalue weighted by molar-refractivity contribution is 5.42. The van der Waals surface area contributed by atoms with Gasteiger partial charge in [-0.05, 0) is 0 Å². The second kappa shape index (κ2) is 4.03. The maximum Gasteiger partial charge on any atom is 0.180 e. The Morgan fingerprint density at radius 2 is 2.50 bits per heavy atom. The Bertz CT molecular complexity index is 94.1. The van der Waals surface area contributed by atoms with Gasteiger partial charge in [0.15, 0.2) is 5.94 Å². The van der Waals surface area contributed by atoms with E-state index in [1.165, 1.54) is 13.1 Å². The maximum atomic E-state index is 9.22. The second-order valence-corrected chi connectivity index (χ2v) is 0.600. The van der Waals surface area contributed by atoms with Crippen LogP contribution in [-0.4, -0.2) is 13.1 Å². The molecule has 0 aromatic heterocycles. The fraction of sp³-hybridized carbons (Fsp3) is 0.250. The SMILES string of the molecule is COC=C=C=O. The zero-order valence-corrected chi connectivity index (χ0v) is 3.39. The lowest BCUT2D eigenvalue weighted by atomic mass is 10.9. The molecule has 0 N–H and O–H groups in total. The van der Waals surface area contributed by atoms with Gasteiger partial charge in [0, 0.05) is 5.73 Å². The van der Waals surface area contributed by atoms with E-state index in [9.17, 15) is 4.79 Å². The third-order valence-electron chi connectivity index (χ3n) is 0.236. The van der Waals surface area contributed by atoms with Crippen LogP contribution in [0.2, 0.25) is 0 Å². The first-order valence-corrected chi connectivity index (χ1v) is 1.39. The first-order chi connectivity index (χ1) is 2.91. The van der Waals surface area contributed by atoms with Crippen molar-refractivity contribution in [2.75, 3.05) is 7.11 Å². The van der Waals surface area contributed by atoms with Gasteiger partial charge >= 0.3 is 0 Å². The van der Waals surface area contributed by atoms with Crippen molar-refractivity contribution >= 4 is 5.94 Å². The lowest BCUT2D eigenvalue weighted by Crippen LogP contribution is -1.57. The van der Waals surface area contributed by atoms with Gasteiger partial charge in [0.05, 0.1) is 7.11 Å². The monoisotopic (exact) mass is 84.0 g/mol. The molecule has 0 spiro atoms. The largest absolute Gasteiger partial charge is 0.495 e. The van der Waals surface area contributed by atoms with Gasteiger partial charge in [-0.2, -0.15) is 0 Å². The van der Waals surface area contributed by atoms with E-state index in [1.807, 2.05) is 5.73 Å². The Morgan fingerprint density at radius 3 is 2.67 bits per heavy atom. The highest BCUT2D eigenvalue weighted by atomic mass is 16.5. The molecule has 2 heteroatoms. The Labute approximate surface area is 35.7 Å². The van der Waals surface area contributed by atoms with Crippen LogP contribution < -0.4 is 0 Å². The third kappa shape index (κ3) is 3.03. The van der Waals surface area contributed by atoms with E-state index in [1.54, 1.807) is 0 Å². The third-order valence-corrected chi connectivity index (χ3v) is 0.236. The number of hydrogen-bond donors (Lipinski definition) is 0. The molecular formula is C4H4O2. The molecule has 0 heterocycles. The van der Waals surface area contributed by atoms with E-state index < -0.39 is 0 Å². The summed E-state index contributed by atoms with van der Waals surface area (Å²) in [5.74, 6) is 1.39. The van der Waals surface area contributed by atoms with Crippen molar-refractivity contribution in [3.05, 3.63) is 12.0 Å². The van der Waals surface area contributed by atoms with Crippen LogP contribution in [0.1, 0.15) is 0 Å². The minimum Gasteiger partial charge on any atom is -0.495 e. The Hall–Kier alpha value is -0.970. The lowest BCUT2D eigenvalue weighted by molar-refractivity contribution is 0.339. The van der Waals surface area contributed by atoms with E-state index in [2.05, 4.69) is 4.74 Å². The number of hydrogen-bond acceptors (Lipinski definition) is 2. The summed E-state index contributed by atoms with van der Waals surface area (Å²) in [6.07, 6.45) is 1.13. The van der Waals surface area contributed by atoms with E-state index >= 15 is 0 Å². The Balaban J connectivity index is 3.47. The van der Waals surface area contributed by atoms with E-state index in [-0.39, 0.29) is 0 Å². The highest BCUT2D eigenvalue weighted by Gasteiger charge is 1.47. The molecule has 0 bridgehead atoms. The van der Waals surface area contributed by atoms with Crippen LogP contribution in [-0.2, 0) is 9.53 Å². The van der Waals surface area contributed by atoms with Crippen LogP contribution in [0.4, 0.5) is 0 Å². The predicted octanol–water partition coefficient (Wildman–Crippen LogP) is 0.133. The van der Waals surface area contributed by atoms with Gasteiger partial charge in [-0.3, -0.25) is 0 Å². The topological polar surface area (TPSA) is 26.3 Å². The summed E-state index contributed by atoms with van der Waals surface area (Å²) in [5.41, 5.74) is 2.05. The van der Waals surface area contributed by atoms with Crippen molar-refractivity contribution in [3.8, 4) is 0 Å². The zero-order valence-electron chi connectivity index (χ0n) is 3.39. The smallest absolute Gasteiger partial charge is 0.180 e. The highest BCUT2D eigenvalue weighted by Crippen LogP contribution is 1.56. The van der Waals surface area contributed by atoms with Crippen LogP contribution in [0.15, 0.2) is 12.0 Å². The molecule has 0 aromatic rings. The van der Waals surface area contributed by atoms with Crippen LogP contribution >= 0.6 is 0 Å². The molecular weight excluding hydrogens is 80.0 g/mol. The van der Waals surface area contributed by atoms with Gasteiger partial charge in [-0.1, -0.05) is 0 Å². The van der Waals surface area contributed by atoms with Gasteiger partial charge in [-0.25, -0.2) is 4.79 Å². The van der Waals surface area contributed by atoms with E-state index in [4.69, 9.17) is 0 Å². The van der Waals surface area contributed by atoms with Crippen LogP contribution in [0.3, 0.4) is 0 Å². The van der Waals surface area contributed by atoms with Crippen LogP contribution in [0, 0.1) is 0 Å². The average Bonchev–Trinajstić information content (AvgIpc) is 1.61. The van der Waals surface area contributed by atoms with E-state index in [0.29, 0.717) is 0 Å². The maximum absolute atomic E-state index is 9.22. The molecule has 0 rings (SSSR count). The van der Waals surface area contributed by atoms with Crippen molar-refractivity contribution in [2.24, 2.45) is 0 Å². The van der Waals surface area contributed by atoms with Gasteiger partial charge in [0.1, 0.15) is 6.26 Å². The normalized spacial score (nSPS) is 4.83. The summed E-state index contributed by atoms with van der Waals surface area (Å²) < 4.78 is 4.28. The van der Waals surface area contributed by atoms with Crippen molar-refractivity contribution in [2.45, 2.75) is 0 Å². The summed E-state index contributed by atoms with van der Waals surface area (Å²) in [7, 11) is 1.43. The Kier molecular flexibility index (Phi) is 3.38. The van der Waals surface area contributed by atoms with Crippen LogP contribution in [0.25, 0.3) is 0 Å². The molecule has 0 aromatic carbocycles. The molecule has 2 nitrogen and oxygen atoms in total. The molecule has 0 aliphatic carbocycles. The number of carbonyl (C=O) groups excluding carboxylic acids is 1. The molecule has 32 valence electrons. The average molecular weight is 84.1 g/mol. The van der Waals surface area contributed by atoms with Gasteiger partial charge in [-0.15, -0.1) is 0 Å². The molecule has 0 aliphatic rings. The standard InChI is InChI=1S/C4H4O2/c1-6-4-2-3-5/h4H,1H3. The summed E-state index contributed by atoms with van der Waals surface area (Å²) in [5, 5.41) is 0. The molecule has 0 unspecified atom stereocenters. The molecule has 0 saturated heterocycles. The first kappa shape index (κ1) is 5.03. The van der Waals surface area contributed by atoms with Crippen LogP contribution in [0.5, 0.6) is 0 Å². The number of ether oxygens (including phenoxy) is 1. The summed E-state index contributed by atoms with van der Waals surface area (Å²) >= 11 is 0. The van der Waals surface area contributed by atoms with Crippen molar-refractivity contribution in [1.29, 1.82) is 0 Å². The Morgan fingerprint density at radius 1 is 1.83 bits per heavy atom. The molecule has 0 saturated carbocycles. The minimum absolute atomic E-state index is 1.13. The zero-order chi connectivity index (χ0) is 4.83. The van der Waals surface area contributed by atoms with E-state index in [0.717, 1.165) is 6.26 Å². The summed E-state index contributed by atoms with van der Waals surface area (Å²) in [6.45, 7) is 0. The fourth-order valence-electron chi connectivity index (χ4n) is 0.0830. The minimum atomic E-state index is 1.13. The quantitative estimate of drug-likeness (QED) is 0.256. The fourth-order valence-corrected chi connectivity index (χ4v) is 0.0830. The van der Waals surface area contributed by atoms with Gasteiger partial charge < -0.3 is 4.74 Å². The summed E-state index contributed by atoms with van der Waals surface area (Å²) in [6, 6.07) is 0. The molecule has 0 radical (unpaired) electrons. The summed E-state index contributed by atoms with van der Waals surface area (Å²) in [4.78, 5) is 9.22. The first-order valence-electron chi connectivity index (χ1n) is 1.39. The predicted molar refractivity (Wildman–Crippen MR) is 20.8 cm³/mol. The molecule has 6 heavy (non-hydrogen) atoms. The molecule has 0 atom stereocenters. The number of methoxy groups -OCH3 is 1. The second-order valence-electron chi connectivity index (χ2n) is 0.600. The number of rotatable bonds is 1. The van der Waals surface area contributed by atoms with Crippen molar-refractivity contribution < 1.29 is 9.53 Å². The van der Waals surface area contributed by atoms with Crippen molar-refractivity contribution in [1.82, 2.24) is 0 Å². The lowest BCUT2D eigenvalue weighted by Gasteiger charge is -1.72. The molecule has 0 aliphatic heterocycles. The molecule has 0 fully saturated rings. The van der Waals surface area contributed by atoms with Crippen molar-refractivity contribution in [3.63, 3.8) is 0 Å².